The fourth-order valence-corrected chi connectivity index (χ4v) is 5.05. The Morgan fingerprint density at radius 3 is 2.67 bits per heavy atom. The largest absolute Gasteiger partial charge is 0.492 e. The number of aliphatic imine (C=N–C) groups is 1. The van der Waals surface area contributed by atoms with Crippen molar-refractivity contribution in [3.63, 3.8) is 0 Å². The smallest absolute Gasteiger partial charge is 0.224 e. The van der Waals surface area contributed by atoms with Gasteiger partial charge in [0, 0.05) is 41.9 Å². The number of aromatic nitrogens is 1. The van der Waals surface area contributed by atoms with Gasteiger partial charge in [-0.2, -0.15) is 5.26 Å². The van der Waals surface area contributed by atoms with Gasteiger partial charge >= 0.3 is 0 Å². The van der Waals surface area contributed by atoms with E-state index in [1.54, 1.807) is 24.4 Å². The summed E-state index contributed by atoms with van der Waals surface area (Å²) in [7, 11) is 3.95. The van der Waals surface area contributed by atoms with Crippen molar-refractivity contribution in [2.45, 2.75) is 46.1 Å². The summed E-state index contributed by atoms with van der Waals surface area (Å²) >= 11 is 6.59. The Morgan fingerprint density at radius 2 is 2.00 bits per heavy atom. The highest BCUT2D eigenvalue weighted by Crippen LogP contribution is 2.43. The van der Waals surface area contributed by atoms with E-state index in [9.17, 15) is 10.1 Å². The molecule has 1 aromatic heterocycles. The average molecular weight is 593 g/mol. The van der Waals surface area contributed by atoms with Crippen LogP contribution >= 0.6 is 11.6 Å². The highest BCUT2D eigenvalue weighted by molar-refractivity contribution is 6.32. The predicted molar refractivity (Wildman–Crippen MR) is 164 cm³/mol. The minimum atomic E-state index is -0.552. The van der Waals surface area contributed by atoms with E-state index in [1.807, 2.05) is 51.9 Å². The summed E-state index contributed by atoms with van der Waals surface area (Å²) in [4.78, 5) is 19.3. The highest BCUT2D eigenvalue weighted by atomic mass is 35.5. The number of aryl methyl sites for hydroxylation is 2. The highest BCUT2D eigenvalue weighted by Gasteiger charge is 2.29. The van der Waals surface area contributed by atoms with Crippen molar-refractivity contribution < 1.29 is 18.8 Å². The van der Waals surface area contributed by atoms with Gasteiger partial charge in [0.05, 0.1) is 47.4 Å². The van der Waals surface area contributed by atoms with Crippen LogP contribution in [0.15, 0.2) is 39.8 Å². The third kappa shape index (κ3) is 7.60. The van der Waals surface area contributed by atoms with E-state index < -0.39 is 12.0 Å². The first kappa shape index (κ1) is 30.9. The van der Waals surface area contributed by atoms with Crippen molar-refractivity contribution in [1.29, 1.82) is 5.26 Å². The molecule has 1 aliphatic rings. The van der Waals surface area contributed by atoms with Crippen LogP contribution in [0.1, 0.15) is 48.4 Å². The van der Waals surface area contributed by atoms with Crippen LogP contribution in [-0.2, 0) is 11.2 Å². The van der Waals surface area contributed by atoms with Crippen LogP contribution in [0.4, 0.5) is 17.1 Å². The Kier molecular flexibility index (Phi) is 10.4. The monoisotopic (exact) mass is 592 g/mol. The first-order valence-electron chi connectivity index (χ1n) is 14.0. The molecule has 2 heterocycles. The minimum Gasteiger partial charge on any atom is -0.492 e. The molecule has 0 bridgehead atoms. The van der Waals surface area contributed by atoms with Crippen molar-refractivity contribution in [3.8, 4) is 17.6 Å². The van der Waals surface area contributed by atoms with E-state index in [0.29, 0.717) is 59.6 Å². The van der Waals surface area contributed by atoms with Crippen LogP contribution in [0.2, 0.25) is 5.02 Å². The summed E-state index contributed by atoms with van der Waals surface area (Å²) in [6.45, 7) is 7.34. The molecule has 2 aromatic carbocycles. The number of rotatable bonds is 13. The molecule has 0 spiro atoms. The van der Waals surface area contributed by atoms with Crippen molar-refractivity contribution in [1.82, 2.24) is 10.1 Å². The summed E-state index contributed by atoms with van der Waals surface area (Å²) in [6, 6.07) is 11.0. The number of anilines is 2. The number of ether oxygens (including phenoxy) is 2. The van der Waals surface area contributed by atoms with Gasteiger partial charge in [-0.15, -0.1) is 0 Å². The first-order chi connectivity index (χ1) is 20.2. The lowest BCUT2D eigenvalue weighted by molar-refractivity contribution is -0.116. The maximum absolute atomic E-state index is 12.7. The molecule has 1 amide bonds. The first-order valence-corrected chi connectivity index (χ1v) is 14.4. The number of nitrogens with zero attached hydrogens (tertiary/aromatic N) is 4. The van der Waals surface area contributed by atoms with E-state index in [-0.39, 0.29) is 5.91 Å². The van der Waals surface area contributed by atoms with E-state index >= 15 is 0 Å². The lowest BCUT2D eigenvalue weighted by Gasteiger charge is -2.28. The van der Waals surface area contributed by atoms with Gasteiger partial charge < -0.3 is 29.5 Å². The zero-order chi connectivity index (χ0) is 30.2. The second kappa shape index (κ2) is 14.2. The average Bonchev–Trinajstić information content (AvgIpc) is 3.27. The van der Waals surface area contributed by atoms with Gasteiger partial charge in [-0.3, -0.25) is 9.79 Å². The fraction of sp³-hybridized carbons (Fsp3) is 0.419. The zero-order valence-corrected chi connectivity index (χ0v) is 25.4. The number of hydrogen-bond donors (Lipinski definition) is 2. The van der Waals surface area contributed by atoms with Crippen molar-refractivity contribution in [2.75, 3.05) is 44.5 Å². The molecule has 2 unspecified atom stereocenters. The molecule has 0 radical (unpaired) electrons. The second-order valence-electron chi connectivity index (χ2n) is 10.4. The lowest BCUT2D eigenvalue weighted by Crippen LogP contribution is -2.24. The Hall–Kier alpha value is -4.07. The third-order valence-corrected chi connectivity index (χ3v) is 7.27. The number of carbonyl (C=O) groups excluding carboxylic acids is 1. The Labute approximate surface area is 251 Å². The minimum absolute atomic E-state index is 0.102. The Morgan fingerprint density at radius 1 is 1.19 bits per heavy atom. The number of halogens is 1. The maximum atomic E-state index is 12.7. The van der Waals surface area contributed by atoms with Gasteiger partial charge in [-0.05, 0) is 72.1 Å². The number of fused-ring (bicyclic) bond motifs is 1. The molecule has 4 rings (SSSR count). The third-order valence-electron chi connectivity index (χ3n) is 6.97. The normalized spacial score (nSPS) is 15.7. The van der Waals surface area contributed by atoms with Gasteiger partial charge in [-0.1, -0.05) is 16.8 Å². The molecular formula is C31H37ClN6O4. The van der Waals surface area contributed by atoms with E-state index in [0.717, 1.165) is 35.5 Å². The van der Waals surface area contributed by atoms with Crippen LogP contribution < -0.4 is 20.1 Å². The number of hydrogen-bond acceptors (Lipinski definition) is 9. The Balaban J connectivity index is 1.52. The summed E-state index contributed by atoms with van der Waals surface area (Å²) in [6.07, 6.45) is 3.40. The molecule has 1 aliphatic heterocycles. The molecule has 42 heavy (non-hydrogen) atoms. The van der Waals surface area contributed by atoms with E-state index in [4.69, 9.17) is 25.6 Å². The van der Waals surface area contributed by atoms with Gasteiger partial charge in [0.2, 0.25) is 5.91 Å². The van der Waals surface area contributed by atoms with Crippen LogP contribution in [0.5, 0.6) is 11.5 Å². The summed E-state index contributed by atoms with van der Waals surface area (Å²) in [5.74, 6) is 1.21. The van der Waals surface area contributed by atoms with E-state index in [2.05, 4.69) is 26.9 Å². The van der Waals surface area contributed by atoms with Crippen LogP contribution in [0.3, 0.4) is 0 Å². The van der Waals surface area contributed by atoms with Gasteiger partial charge in [0.15, 0.2) is 0 Å². The molecular weight excluding hydrogens is 556 g/mol. The zero-order valence-electron chi connectivity index (χ0n) is 24.7. The summed E-state index contributed by atoms with van der Waals surface area (Å²) in [5, 5.41) is 20.8. The van der Waals surface area contributed by atoms with Crippen molar-refractivity contribution in [2.24, 2.45) is 10.9 Å². The molecule has 222 valence electrons. The quantitative estimate of drug-likeness (QED) is 0.238. The lowest BCUT2D eigenvalue weighted by atomic mass is 9.90. The van der Waals surface area contributed by atoms with Crippen LogP contribution in [-0.4, -0.2) is 56.0 Å². The van der Waals surface area contributed by atoms with E-state index in [1.165, 1.54) is 0 Å². The van der Waals surface area contributed by atoms with Gasteiger partial charge in [0.1, 0.15) is 23.2 Å². The molecule has 0 saturated heterocycles. The fourth-order valence-electron chi connectivity index (χ4n) is 4.81. The topological polar surface area (TPSA) is 125 Å². The molecule has 2 N–H and O–H groups in total. The molecule has 0 aliphatic carbocycles. The Bertz CT molecular complexity index is 1460. The van der Waals surface area contributed by atoms with Crippen LogP contribution in [0.25, 0.3) is 0 Å². The summed E-state index contributed by atoms with van der Waals surface area (Å²) < 4.78 is 17.0. The second-order valence-corrected chi connectivity index (χ2v) is 10.8. The number of carbonyl (C=O) groups is 1. The van der Waals surface area contributed by atoms with Crippen molar-refractivity contribution in [3.05, 3.63) is 57.9 Å². The standard InChI is InChI=1S/C31H37ClN6O4/c1-6-40-29-16-26-24(15-27(29)36-30(39)8-7-12-38(4)5)31(21(17-33)18-34-26)35-22-9-10-28(25(32)14-22)41-13-11-23-19(2)37-42-20(23)3/h9-10,14-16,18,21,31,35H,6-8,11-13H2,1-5H3,(H,36,39). The van der Waals surface area contributed by atoms with Gasteiger partial charge in [0.25, 0.3) is 0 Å². The predicted octanol–water partition coefficient (Wildman–Crippen LogP) is 6.25. The number of benzene rings is 2. The SMILES string of the molecule is CCOc1cc2c(cc1NC(=O)CCCN(C)C)C(Nc1ccc(OCCc3c(C)noc3C)c(Cl)c1)C(C#N)C=N2. The molecule has 2 atom stereocenters. The maximum Gasteiger partial charge on any atom is 0.224 e. The number of nitriles is 1. The summed E-state index contributed by atoms with van der Waals surface area (Å²) in [5.41, 5.74) is 4.58. The van der Waals surface area contributed by atoms with Gasteiger partial charge in [-0.25, -0.2) is 0 Å². The van der Waals surface area contributed by atoms with Crippen LogP contribution in [0, 0.1) is 31.1 Å². The molecule has 3 aromatic rings. The number of nitrogens with one attached hydrogen (secondary N) is 2. The van der Waals surface area contributed by atoms with Crippen molar-refractivity contribution >= 4 is 40.8 Å². The molecule has 10 nitrogen and oxygen atoms in total. The molecule has 0 fully saturated rings. The molecule has 11 heteroatoms. The molecule has 0 saturated carbocycles. The number of amides is 1.